The minimum absolute atomic E-state index is 0. The summed E-state index contributed by atoms with van der Waals surface area (Å²) in [6.45, 7) is -0.252. The molecule has 6 nitrogen and oxygen atoms in total. The molecule has 152 valence electrons. The smallest absolute Gasteiger partial charge is 0.262 e. The molecule has 0 spiro atoms. The van der Waals surface area contributed by atoms with E-state index >= 15 is 0 Å². The Labute approximate surface area is 173 Å². The number of rotatable bonds is 5. The molecule has 2 amide bonds. The van der Waals surface area contributed by atoms with Crippen LogP contribution in [-0.2, 0) is 11.3 Å². The Balaban J connectivity index is 0.00000196. The van der Waals surface area contributed by atoms with Crippen molar-refractivity contribution >= 4 is 42.3 Å². The van der Waals surface area contributed by atoms with Gasteiger partial charge in [0.15, 0.2) is 0 Å². The van der Waals surface area contributed by atoms with Crippen LogP contribution < -0.4 is 16.0 Å². The fraction of sp³-hybridized carbons (Fsp3) is 0.278. The molecule has 1 saturated heterocycles. The maximum absolute atomic E-state index is 13.1. The Kier molecular flexibility index (Phi) is 8.74. The van der Waals surface area contributed by atoms with E-state index in [1.165, 1.54) is 12.4 Å². The number of nitrogens with one attached hydrogen (secondary N) is 3. The molecule has 0 saturated carbocycles. The predicted octanol–water partition coefficient (Wildman–Crippen LogP) is 2.79. The molecule has 0 radical (unpaired) electrons. The summed E-state index contributed by atoms with van der Waals surface area (Å²) in [5.74, 6) is -3.53. The maximum atomic E-state index is 13.1. The van der Waals surface area contributed by atoms with Crippen molar-refractivity contribution in [2.75, 3.05) is 11.9 Å². The van der Waals surface area contributed by atoms with Gasteiger partial charge in [0.05, 0.1) is 12.6 Å². The van der Waals surface area contributed by atoms with Gasteiger partial charge in [0.2, 0.25) is 5.91 Å². The fourth-order valence-corrected chi connectivity index (χ4v) is 2.63. The first-order chi connectivity index (χ1) is 12.4. The zero-order valence-corrected chi connectivity index (χ0v) is 16.3. The van der Waals surface area contributed by atoms with Crippen LogP contribution in [0, 0.1) is 0 Å². The predicted molar refractivity (Wildman–Crippen MR) is 106 cm³/mol. The van der Waals surface area contributed by atoms with Crippen LogP contribution in [-0.4, -0.2) is 35.3 Å². The zero-order valence-electron chi connectivity index (χ0n) is 14.7. The number of aromatic nitrogens is 1. The molecule has 1 atom stereocenters. The average Bonchev–Trinajstić information content (AvgIpc) is 3.01. The lowest BCUT2D eigenvalue weighted by molar-refractivity contribution is -0.123. The molecule has 0 bridgehead atoms. The van der Waals surface area contributed by atoms with E-state index in [4.69, 9.17) is 0 Å². The number of pyridine rings is 1. The third-order valence-corrected chi connectivity index (χ3v) is 4.05. The molecule has 10 heteroatoms. The van der Waals surface area contributed by atoms with E-state index < -0.39 is 30.8 Å². The van der Waals surface area contributed by atoms with Crippen molar-refractivity contribution in [1.82, 2.24) is 15.6 Å². The number of nitrogens with zero attached hydrogens (tertiary/aromatic N) is 1. The molecular formula is C18H20Cl2F2N4O2. The van der Waals surface area contributed by atoms with Crippen LogP contribution in [0.4, 0.5) is 14.5 Å². The van der Waals surface area contributed by atoms with Crippen LogP contribution in [0.5, 0.6) is 0 Å². The summed E-state index contributed by atoms with van der Waals surface area (Å²) in [4.78, 5) is 27.8. The number of amides is 2. The van der Waals surface area contributed by atoms with E-state index in [1.54, 1.807) is 36.4 Å². The van der Waals surface area contributed by atoms with Crippen molar-refractivity contribution in [2.45, 2.75) is 24.9 Å². The van der Waals surface area contributed by atoms with Crippen molar-refractivity contribution in [3.63, 3.8) is 0 Å². The summed E-state index contributed by atoms with van der Waals surface area (Å²) >= 11 is 0. The molecule has 1 aliphatic heterocycles. The standard InChI is InChI=1S/C18H18F2N4O2.2ClH/c19-18(20)9-15(23-11-18)17(26)22-10-12-1-3-14(4-2-12)24-16(25)13-5-7-21-8-6-13;;/h1-8,15,23H,9-11H2,(H,22,26)(H,24,25);2*1H. The van der Waals surface area contributed by atoms with Gasteiger partial charge in [-0.1, -0.05) is 12.1 Å². The van der Waals surface area contributed by atoms with Crippen molar-refractivity contribution in [3.05, 3.63) is 59.9 Å². The third kappa shape index (κ3) is 6.40. The lowest BCUT2D eigenvalue weighted by Crippen LogP contribution is -2.40. The molecule has 1 aliphatic rings. The Bertz CT molecular complexity index is 792. The first kappa shape index (κ1) is 23.7. The number of carbonyl (C=O) groups excluding carboxylic acids is 2. The van der Waals surface area contributed by atoms with Crippen LogP contribution in [0.2, 0.25) is 0 Å². The third-order valence-electron chi connectivity index (χ3n) is 4.05. The molecule has 2 aromatic rings. The molecule has 3 N–H and O–H groups in total. The van der Waals surface area contributed by atoms with Crippen molar-refractivity contribution in [3.8, 4) is 0 Å². The second-order valence-corrected chi connectivity index (χ2v) is 6.10. The van der Waals surface area contributed by atoms with E-state index in [9.17, 15) is 18.4 Å². The van der Waals surface area contributed by atoms with Crippen LogP contribution in [0.25, 0.3) is 0 Å². The Morgan fingerprint density at radius 1 is 1.11 bits per heavy atom. The summed E-state index contributed by atoms with van der Waals surface area (Å²) in [5, 5.41) is 7.91. The van der Waals surface area contributed by atoms with Gasteiger partial charge in [-0.05, 0) is 29.8 Å². The highest BCUT2D eigenvalue weighted by atomic mass is 35.5. The number of carbonyl (C=O) groups is 2. The van der Waals surface area contributed by atoms with Gasteiger partial charge < -0.3 is 10.6 Å². The molecule has 3 rings (SSSR count). The van der Waals surface area contributed by atoms with Gasteiger partial charge in [-0.25, -0.2) is 8.78 Å². The highest BCUT2D eigenvalue weighted by Crippen LogP contribution is 2.25. The molecule has 28 heavy (non-hydrogen) atoms. The second kappa shape index (κ2) is 10.3. The lowest BCUT2D eigenvalue weighted by atomic mass is 10.1. The van der Waals surface area contributed by atoms with Gasteiger partial charge in [0.1, 0.15) is 0 Å². The van der Waals surface area contributed by atoms with Crippen molar-refractivity contribution in [2.24, 2.45) is 0 Å². The van der Waals surface area contributed by atoms with Gasteiger partial charge in [-0.15, -0.1) is 24.8 Å². The van der Waals surface area contributed by atoms with Gasteiger partial charge in [-0.3, -0.25) is 19.9 Å². The van der Waals surface area contributed by atoms with E-state index in [1.807, 2.05) is 0 Å². The molecular weight excluding hydrogens is 413 g/mol. The molecule has 1 fully saturated rings. The monoisotopic (exact) mass is 432 g/mol. The quantitative estimate of drug-likeness (QED) is 0.678. The Morgan fingerprint density at radius 2 is 1.75 bits per heavy atom. The summed E-state index contributed by atoms with van der Waals surface area (Å²) in [7, 11) is 0. The molecule has 1 aromatic heterocycles. The molecule has 1 aromatic carbocycles. The fourth-order valence-electron chi connectivity index (χ4n) is 2.63. The Morgan fingerprint density at radius 3 is 2.32 bits per heavy atom. The van der Waals surface area contributed by atoms with Crippen LogP contribution in [0.3, 0.4) is 0 Å². The van der Waals surface area contributed by atoms with E-state index in [2.05, 4.69) is 20.9 Å². The molecule has 1 unspecified atom stereocenters. The number of hydrogen-bond donors (Lipinski definition) is 3. The average molecular weight is 433 g/mol. The summed E-state index contributed by atoms with van der Waals surface area (Å²) < 4.78 is 26.2. The van der Waals surface area contributed by atoms with Crippen molar-refractivity contribution in [1.29, 1.82) is 0 Å². The van der Waals surface area contributed by atoms with Gasteiger partial charge in [0, 0.05) is 36.6 Å². The molecule has 0 aliphatic carbocycles. The van der Waals surface area contributed by atoms with Crippen LogP contribution >= 0.6 is 24.8 Å². The second-order valence-electron chi connectivity index (χ2n) is 6.10. The largest absolute Gasteiger partial charge is 0.351 e. The van der Waals surface area contributed by atoms with E-state index in [0.717, 1.165) is 5.56 Å². The van der Waals surface area contributed by atoms with Crippen LogP contribution in [0.15, 0.2) is 48.8 Å². The van der Waals surface area contributed by atoms with Gasteiger partial charge in [-0.2, -0.15) is 0 Å². The van der Waals surface area contributed by atoms with Gasteiger partial charge >= 0.3 is 0 Å². The van der Waals surface area contributed by atoms with Crippen LogP contribution in [0.1, 0.15) is 22.3 Å². The van der Waals surface area contributed by atoms with Gasteiger partial charge in [0.25, 0.3) is 11.8 Å². The Hall–Kier alpha value is -2.29. The lowest BCUT2D eigenvalue weighted by Gasteiger charge is -2.12. The number of alkyl halides is 2. The zero-order chi connectivity index (χ0) is 18.6. The number of anilines is 1. The summed E-state index contributed by atoms with van der Waals surface area (Å²) in [5.41, 5.74) is 1.90. The summed E-state index contributed by atoms with van der Waals surface area (Å²) in [6.07, 6.45) is 2.59. The summed E-state index contributed by atoms with van der Waals surface area (Å²) in [6, 6.07) is 9.27. The minimum atomic E-state index is -2.84. The SMILES string of the molecule is Cl.Cl.O=C(Nc1ccc(CNC(=O)C2CC(F)(F)CN2)cc1)c1ccncc1. The highest BCUT2D eigenvalue weighted by molar-refractivity contribution is 6.04. The number of hydrogen-bond acceptors (Lipinski definition) is 4. The minimum Gasteiger partial charge on any atom is -0.351 e. The normalized spacial score (nSPS) is 17.0. The van der Waals surface area contributed by atoms with Crippen molar-refractivity contribution < 1.29 is 18.4 Å². The van der Waals surface area contributed by atoms with E-state index in [-0.39, 0.29) is 37.3 Å². The first-order valence-corrected chi connectivity index (χ1v) is 8.12. The van der Waals surface area contributed by atoms with E-state index in [0.29, 0.717) is 11.3 Å². The first-order valence-electron chi connectivity index (χ1n) is 8.12. The molecule has 2 heterocycles. The maximum Gasteiger partial charge on any atom is 0.262 e. The number of benzene rings is 1. The topological polar surface area (TPSA) is 83.1 Å². The number of halogens is 4. The highest BCUT2D eigenvalue weighted by Gasteiger charge is 2.42.